The van der Waals surface area contributed by atoms with Crippen LogP contribution in [-0.2, 0) is 6.42 Å². The number of aryl methyl sites for hydroxylation is 2. The van der Waals surface area contributed by atoms with E-state index >= 15 is 0 Å². The SMILES string of the molecule is CCc1onc(C)c1C(=O)N1CCC(CN)CC1. The van der Waals surface area contributed by atoms with Gasteiger partial charge in [0.1, 0.15) is 11.3 Å². The zero-order chi connectivity index (χ0) is 13.1. The molecule has 18 heavy (non-hydrogen) atoms. The van der Waals surface area contributed by atoms with Crippen molar-refractivity contribution in [2.45, 2.75) is 33.1 Å². The molecule has 2 heterocycles. The van der Waals surface area contributed by atoms with Crippen molar-refractivity contribution >= 4 is 5.91 Å². The summed E-state index contributed by atoms with van der Waals surface area (Å²) >= 11 is 0. The monoisotopic (exact) mass is 251 g/mol. The molecule has 1 amide bonds. The summed E-state index contributed by atoms with van der Waals surface area (Å²) in [6.07, 6.45) is 2.68. The van der Waals surface area contributed by atoms with E-state index in [0.29, 0.717) is 35.9 Å². The first-order valence-corrected chi connectivity index (χ1v) is 6.61. The number of carbonyl (C=O) groups excluding carboxylic acids is 1. The zero-order valence-corrected chi connectivity index (χ0v) is 11.1. The molecule has 0 atom stereocenters. The first-order valence-electron chi connectivity index (χ1n) is 6.61. The summed E-state index contributed by atoms with van der Waals surface area (Å²) in [5.74, 6) is 1.31. The number of rotatable bonds is 3. The average Bonchev–Trinajstić information content (AvgIpc) is 2.79. The van der Waals surface area contributed by atoms with Crippen molar-refractivity contribution in [2.24, 2.45) is 11.7 Å². The fourth-order valence-corrected chi connectivity index (χ4v) is 2.46. The molecule has 0 spiro atoms. The minimum absolute atomic E-state index is 0.0565. The van der Waals surface area contributed by atoms with Gasteiger partial charge in [0.25, 0.3) is 5.91 Å². The fraction of sp³-hybridized carbons (Fsp3) is 0.692. The number of hydrogen-bond donors (Lipinski definition) is 1. The molecule has 0 saturated carbocycles. The van der Waals surface area contributed by atoms with E-state index < -0.39 is 0 Å². The Balaban J connectivity index is 2.10. The lowest BCUT2D eigenvalue weighted by Crippen LogP contribution is -2.40. The molecule has 1 aliphatic rings. The van der Waals surface area contributed by atoms with Crippen LogP contribution in [0.3, 0.4) is 0 Å². The van der Waals surface area contributed by atoms with Crippen LogP contribution in [0, 0.1) is 12.8 Å². The number of amides is 1. The summed E-state index contributed by atoms with van der Waals surface area (Å²) in [4.78, 5) is 14.3. The van der Waals surface area contributed by atoms with Crippen LogP contribution in [0.5, 0.6) is 0 Å². The highest BCUT2D eigenvalue weighted by molar-refractivity contribution is 5.96. The minimum atomic E-state index is 0.0565. The highest BCUT2D eigenvalue weighted by Gasteiger charge is 2.27. The molecule has 2 rings (SSSR count). The minimum Gasteiger partial charge on any atom is -0.360 e. The van der Waals surface area contributed by atoms with E-state index in [0.717, 1.165) is 25.9 Å². The summed E-state index contributed by atoms with van der Waals surface area (Å²) in [6, 6.07) is 0. The molecule has 0 aliphatic carbocycles. The van der Waals surface area contributed by atoms with Crippen molar-refractivity contribution < 1.29 is 9.32 Å². The van der Waals surface area contributed by atoms with E-state index in [-0.39, 0.29) is 5.91 Å². The van der Waals surface area contributed by atoms with Gasteiger partial charge in [0.05, 0.1) is 5.69 Å². The van der Waals surface area contributed by atoms with Crippen molar-refractivity contribution in [3.8, 4) is 0 Å². The lowest BCUT2D eigenvalue weighted by Gasteiger charge is -2.31. The second kappa shape index (κ2) is 5.52. The molecular formula is C13H21N3O2. The van der Waals surface area contributed by atoms with Crippen LogP contribution in [0.4, 0.5) is 0 Å². The number of piperidine rings is 1. The van der Waals surface area contributed by atoms with Crippen molar-refractivity contribution in [1.82, 2.24) is 10.1 Å². The maximum Gasteiger partial charge on any atom is 0.259 e. The van der Waals surface area contributed by atoms with Crippen LogP contribution in [0.1, 0.15) is 41.6 Å². The first-order chi connectivity index (χ1) is 8.67. The lowest BCUT2D eigenvalue weighted by molar-refractivity contribution is 0.0690. The highest BCUT2D eigenvalue weighted by atomic mass is 16.5. The largest absolute Gasteiger partial charge is 0.360 e. The Morgan fingerprint density at radius 1 is 1.50 bits per heavy atom. The van der Waals surface area contributed by atoms with Gasteiger partial charge in [-0.3, -0.25) is 4.79 Å². The molecule has 1 saturated heterocycles. The Morgan fingerprint density at radius 2 is 2.17 bits per heavy atom. The third-order valence-corrected chi connectivity index (χ3v) is 3.70. The van der Waals surface area contributed by atoms with Crippen LogP contribution >= 0.6 is 0 Å². The van der Waals surface area contributed by atoms with Gasteiger partial charge in [-0.2, -0.15) is 0 Å². The van der Waals surface area contributed by atoms with Gasteiger partial charge in [0, 0.05) is 19.5 Å². The van der Waals surface area contributed by atoms with Crippen molar-refractivity contribution in [2.75, 3.05) is 19.6 Å². The third kappa shape index (κ3) is 2.41. The van der Waals surface area contributed by atoms with Gasteiger partial charge in [-0.1, -0.05) is 12.1 Å². The van der Waals surface area contributed by atoms with Crippen LogP contribution in [-0.4, -0.2) is 35.6 Å². The smallest absolute Gasteiger partial charge is 0.259 e. The number of nitrogens with two attached hydrogens (primary N) is 1. The Labute approximate surface area is 107 Å². The topological polar surface area (TPSA) is 72.4 Å². The van der Waals surface area contributed by atoms with Crippen molar-refractivity contribution in [1.29, 1.82) is 0 Å². The number of likely N-dealkylation sites (tertiary alicyclic amines) is 1. The van der Waals surface area contributed by atoms with Gasteiger partial charge >= 0.3 is 0 Å². The molecule has 1 aliphatic heterocycles. The number of carbonyl (C=O) groups is 1. The Bertz CT molecular complexity index is 420. The molecule has 0 aromatic carbocycles. The van der Waals surface area contributed by atoms with Crippen LogP contribution in [0.25, 0.3) is 0 Å². The third-order valence-electron chi connectivity index (χ3n) is 3.70. The van der Waals surface area contributed by atoms with Crippen LogP contribution < -0.4 is 5.73 Å². The standard InChI is InChI=1S/C13H21N3O2/c1-3-11-12(9(2)15-18-11)13(17)16-6-4-10(8-14)5-7-16/h10H,3-8,14H2,1-2H3. The molecule has 5 heteroatoms. The van der Waals surface area contributed by atoms with Crippen LogP contribution in [0.15, 0.2) is 4.52 Å². The first kappa shape index (κ1) is 13.1. The quantitative estimate of drug-likeness (QED) is 0.880. The average molecular weight is 251 g/mol. The molecule has 1 aromatic rings. The lowest BCUT2D eigenvalue weighted by atomic mass is 9.96. The van der Waals surface area contributed by atoms with E-state index in [2.05, 4.69) is 5.16 Å². The molecule has 0 bridgehead atoms. The molecule has 0 unspecified atom stereocenters. The number of hydrogen-bond acceptors (Lipinski definition) is 4. The summed E-state index contributed by atoms with van der Waals surface area (Å²) in [5, 5.41) is 3.89. The number of aromatic nitrogens is 1. The normalized spacial score (nSPS) is 17.2. The summed E-state index contributed by atoms with van der Waals surface area (Å²) in [7, 11) is 0. The fourth-order valence-electron chi connectivity index (χ4n) is 2.46. The second-order valence-corrected chi connectivity index (χ2v) is 4.89. The van der Waals surface area contributed by atoms with Gasteiger partial charge < -0.3 is 15.2 Å². The molecule has 100 valence electrons. The van der Waals surface area contributed by atoms with E-state index in [4.69, 9.17) is 10.3 Å². The van der Waals surface area contributed by atoms with Gasteiger partial charge in [-0.25, -0.2) is 0 Å². The van der Waals surface area contributed by atoms with Gasteiger partial charge in [0.2, 0.25) is 0 Å². The van der Waals surface area contributed by atoms with Gasteiger partial charge in [-0.15, -0.1) is 0 Å². The summed E-state index contributed by atoms with van der Waals surface area (Å²) < 4.78 is 5.18. The number of nitrogens with zero attached hydrogens (tertiary/aromatic N) is 2. The summed E-state index contributed by atoms with van der Waals surface area (Å²) in [5.41, 5.74) is 7.01. The Hall–Kier alpha value is -1.36. The van der Waals surface area contributed by atoms with E-state index in [1.165, 1.54) is 0 Å². The maximum absolute atomic E-state index is 12.5. The van der Waals surface area contributed by atoms with Gasteiger partial charge in [-0.05, 0) is 32.2 Å². The summed E-state index contributed by atoms with van der Waals surface area (Å²) in [6.45, 7) is 6.08. The molecule has 1 fully saturated rings. The van der Waals surface area contributed by atoms with E-state index in [1.54, 1.807) is 0 Å². The molecule has 1 aromatic heterocycles. The molecule has 2 N–H and O–H groups in total. The molecule has 5 nitrogen and oxygen atoms in total. The predicted molar refractivity (Wildman–Crippen MR) is 68.3 cm³/mol. The highest BCUT2D eigenvalue weighted by Crippen LogP contribution is 2.21. The van der Waals surface area contributed by atoms with E-state index in [1.807, 2.05) is 18.7 Å². The van der Waals surface area contributed by atoms with Crippen molar-refractivity contribution in [3.63, 3.8) is 0 Å². The van der Waals surface area contributed by atoms with E-state index in [9.17, 15) is 4.79 Å². The predicted octanol–water partition coefficient (Wildman–Crippen LogP) is 1.36. The second-order valence-electron chi connectivity index (χ2n) is 4.89. The Morgan fingerprint density at radius 3 is 2.72 bits per heavy atom. The molecule has 0 radical (unpaired) electrons. The molecular weight excluding hydrogens is 230 g/mol. The van der Waals surface area contributed by atoms with Gasteiger partial charge in [0.15, 0.2) is 0 Å². The van der Waals surface area contributed by atoms with Crippen molar-refractivity contribution in [3.05, 3.63) is 17.0 Å². The zero-order valence-electron chi connectivity index (χ0n) is 11.1. The van der Waals surface area contributed by atoms with Crippen LogP contribution in [0.2, 0.25) is 0 Å². The maximum atomic E-state index is 12.5. The Kier molecular flexibility index (Phi) is 4.01.